The summed E-state index contributed by atoms with van der Waals surface area (Å²) in [6.07, 6.45) is 1.75. The lowest BCUT2D eigenvalue weighted by Crippen LogP contribution is -1.07. The van der Waals surface area contributed by atoms with Crippen LogP contribution in [0.15, 0.2) is 25.8 Å². The maximum absolute atomic E-state index is 3.36. The first-order valence-electron chi connectivity index (χ1n) is 1.49. The first kappa shape index (κ1) is 297. The Morgan fingerprint density at radius 2 is 0.600 bits per heavy atom. The third-order valence-electron chi connectivity index (χ3n) is 0. The van der Waals surface area contributed by atoms with Gasteiger partial charge in [-0.2, -0.15) is 0 Å². The second-order valence-electron chi connectivity index (χ2n) is 0.408. The number of hydrogen-bond acceptors (Lipinski definition) is 0. The molecule has 0 saturated heterocycles. The smallest absolute Gasteiger partial charge is 0.0473 e. The topological polar surface area (TPSA) is 0 Å². The second kappa shape index (κ2) is 1670. The van der Waals surface area contributed by atoms with Gasteiger partial charge in [0, 0.05) is 0 Å². The summed E-state index contributed by atoms with van der Waals surface area (Å²) in [6, 6.07) is 0. The molecule has 0 amide bonds. The average Bonchev–Trinajstić information content (AvgIpc) is 1.46. The molecule has 0 aliphatic rings. The zero-order valence-corrected chi connectivity index (χ0v) is 11.0. The van der Waals surface area contributed by atoms with Crippen molar-refractivity contribution < 1.29 is 28.2 Å². The van der Waals surface area contributed by atoms with Gasteiger partial charge in [0.25, 0.3) is 0 Å². The third kappa shape index (κ3) is 43900. The van der Waals surface area contributed by atoms with Crippen LogP contribution in [0.5, 0.6) is 0 Å². The molecule has 15 heavy (non-hydrogen) atoms. The number of hydrogen-bond donors (Lipinski definition) is 0. The Morgan fingerprint density at radius 1 is 0.600 bits per heavy atom. The second-order valence-corrected chi connectivity index (χ2v) is 0.408. The van der Waals surface area contributed by atoms with Crippen LogP contribution in [-0.2, 0) is 0 Å². The van der Waals surface area contributed by atoms with Crippen LogP contribution >= 0.6 is 49.6 Å². The molecule has 0 atom stereocenters. The van der Waals surface area contributed by atoms with Crippen LogP contribution < -0.4 is 0 Å². The van der Waals surface area contributed by atoms with Crippen LogP contribution in [0.25, 0.3) is 0 Å². The van der Waals surface area contributed by atoms with Crippen molar-refractivity contribution >= 4 is 49.6 Å². The Morgan fingerprint density at radius 3 is 0.600 bits per heavy atom. The zero-order valence-electron chi connectivity index (χ0n) is 7.78. The van der Waals surface area contributed by atoms with E-state index in [4.69, 9.17) is 0 Å². The lowest BCUT2D eigenvalue weighted by molar-refractivity contribution is 1.11. The molecule has 0 aromatic rings. The van der Waals surface area contributed by atoms with Crippen LogP contribution in [0.3, 0.4) is 0 Å². The van der Waals surface area contributed by atoms with Crippen LogP contribution in [-0.4, -0.2) is 0 Å². The molecular formula is C5H20Cl4F6. The van der Waals surface area contributed by atoms with Gasteiger partial charge < -0.3 is 0 Å². The van der Waals surface area contributed by atoms with Crippen molar-refractivity contribution in [2.45, 2.75) is 6.92 Å². The molecule has 0 aromatic carbocycles. The molecule has 10 heteroatoms. The molecule has 0 heterocycles. The van der Waals surface area contributed by atoms with E-state index in [1.165, 1.54) is 0 Å². The molecule has 110 valence electrons. The fraction of sp³-hybridized carbons (Fsp3) is 0.200. The van der Waals surface area contributed by atoms with Crippen molar-refractivity contribution in [3.05, 3.63) is 25.8 Å². The molecule has 0 fully saturated rings. The standard InChI is InChI=1S/C3H6.C2H4.4ClH.6FH/c1-3-2;1-2;;;;;;;;;;/h3H,1H2,2H3;1-2H2;10*1H. The monoisotopic (exact) mass is 334 g/mol. The highest BCUT2D eigenvalue weighted by Crippen LogP contribution is 1.38. The van der Waals surface area contributed by atoms with Crippen LogP contribution in [0.2, 0.25) is 0 Å². The summed E-state index contributed by atoms with van der Waals surface area (Å²) in [4.78, 5) is 0. The van der Waals surface area contributed by atoms with E-state index in [0.717, 1.165) is 0 Å². The van der Waals surface area contributed by atoms with Crippen molar-refractivity contribution in [2.75, 3.05) is 0 Å². The first-order chi connectivity index (χ1) is 2.41. The van der Waals surface area contributed by atoms with Gasteiger partial charge in [-0.1, -0.05) is 6.08 Å². The minimum Gasteiger partial charge on any atom is -0.269 e. The predicted molar refractivity (Wildman–Crippen MR) is 71.1 cm³/mol. The van der Waals surface area contributed by atoms with E-state index in [1.54, 1.807) is 6.08 Å². The molecule has 0 rings (SSSR count). The molecule has 0 saturated carbocycles. The van der Waals surface area contributed by atoms with Gasteiger partial charge in [-0.05, 0) is 6.92 Å². The summed E-state index contributed by atoms with van der Waals surface area (Å²) in [5.41, 5.74) is 0. The van der Waals surface area contributed by atoms with Crippen molar-refractivity contribution in [1.29, 1.82) is 0 Å². The predicted octanol–water partition coefficient (Wildman–Crippen LogP) is 4.60. The van der Waals surface area contributed by atoms with Crippen molar-refractivity contribution in [3.63, 3.8) is 0 Å². The minimum absolute atomic E-state index is 0. The lowest BCUT2D eigenvalue weighted by Gasteiger charge is -1.31. The Labute approximate surface area is 111 Å². The van der Waals surface area contributed by atoms with Gasteiger partial charge in [0.2, 0.25) is 0 Å². The van der Waals surface area contributed by atoms with E-state index in [2.05, 4.69) is 19.7 Å². The summed E-state index contributed by atoms with van der Waals surface area (Å²) in [6.45, 7) is 11.2. The largest absolute Gasteiger partial charge is 0.269 e. The van der Waals surface area contributed by atoms with Crippen molar-refractivity contribution in [1.82, 2.24) is 0 Å². The highest BCUT2D eigenvalue weighted by atomic mass is 35.5. The molecule has 0 radical (unpaired) electrons. The summed E-state index contributed by atoms with van der Waals surface area (Å²) in [5, 5.41) is 0. The quantitative estimate of drug-likeness (QED) is 0.448. The highest BCUT2D eigenvalue weighted by molar-refractivity contribution is 5.86. The zero-order chi connectivity index (χ0) is 4.71. The number of allylic oxidation sites excluding steroid dienone is 1. The van der Waals surface area contributed by atoms with E-state index in [-0.39, 0.29) is 77.9 Å². The average molecular weight is 336 g/mol. The fourth-order valence-electron chi connectivity index (χ4n) is 0. The normalized spacial score (nSPS) is 1.13. The Balaban J connectivity index is -0.000000000731. The van der Waals surface area contributed by atoms with Gasteiger partial charge in [-0.25, -0.2) is 0 Å². The van der Waals surface area contributed by atoms with E-state index in [9.17, 15) is 0 Å². The van der Waals surface area contributed by atoms with Crippen molar-refractivity contribution in [2.24, 2.45) is 0 Å². The minimum atomic E-state index is 0. The maximum Gasteiger partial charge on any atom is -0.0473 e. The molecule has 0 nitrogen and oxygen atoms in total. The molecule has 0 spiro atoms. The van der Waals surface area contributed by atoms with E-state index < -0.39 is 0 Å². The van der Waals surface area contributed by atoms with Gasteiger partial charge in [0.05, 0.1) is 0 Å². The molecular weight excluding hydrogens is 316 g/mol. The first-order valence-corrected chi connectivity index (χ1v) is 1.49. The fourth-order valence-corrected chi connectivity index (χ4v) is 0. The molecule has 0 aliphatic carbocycles. The molecule has 0 aliphatic heterocycles. The van der Waals surface area contributed by atoms with Gasteiger partial charge in [0.15, 0.2) is 0 Å². The van der Waals surface area contributed by atoms with E-state index in [0.29, 0.717) is 0 Å². The van der Waals surface area contributed by atoms with E-state index >= 15 is 0 Å². The summed E-state index contributed by atoms with van der Waals surface area (Å²) in [7, 11) is 0. The highest BCUT2D eigenvalue weighted by Gasteiger charge is 1.15. The van der Waals surface area contributed by atoms with Crippen molar-refractivity contribution in [3.8, 4) is 0 Å². The molecule has 0 N–H and O–H groups in total. The Kier molecular flexibility index (Phi) is 33000. The van der Waals surface area contributed by atoms with Gasteiger partial charge >= 0.3 is 0 Å². The van der Waals surface area contributed by atoms with Crippen LogP contribution in [0.1, 0.15) is 6.92 Å². The molecule has 0 aromatic heterocycles. The summed E-state index contributed by atoms with van der Waals surface area (Å²) in [5.74, 6) is 0. The number of rotatable bonds is 0. The Bertz CT molecular complexity index is 37.5. The number of halogens is 10. The lowest BCUT2D eigenvalue weighted by atomic mass is 10.8. The SMILES string of the molecule is C=C.C=CC.Cl.Cl.Cl.Cl.F.F.F.F.F.F. The molecule has 0 bridgehead atoms. The van der Waals surface area contributed by atoms with Gasteiger partial charge in [0.1, 0.15) is 0 Å². The van der Waals surface area contributed by atoms with E-state index in [1.807, 2.05) is 6.92 Å². The van der Waals surface area contributed by atoms with Gasteiger partial charge in [-0.3, -0.25) is 28.2 Å². The third-order valence-corrected chi connectivity index (χ3v) is 0. The Hall–Kier alpha value is 0.220. The summed E-state index contributed by atoms with van der Waals surface area (Å²) < 4.78 is 0. The van der Waals surface area contributed by atoms with Gasteiger partial charge in [-0.15, -0.1) is 69.4 Å². The van der Waals surface area contributed by atoms with Crippen LogP contribution in [0.4, 0.5) is 28.2 Å². The van der Waals surface area contributed by atoms with Crippen LogP contribution in [0, 0.1) is 0 Å². The summed E-state index contributed by atoms with van der Waals surface area (Å²) >= 11 is 0. The maximum atomic E-state index is 3.36. The molecule has 0 unspecified atom stereocenters.